The second-order valence-corrected chi connectivity index (χ2v) is 4.04. The number of nitrogens with zero attached hydrogens (tertiary/aromatic N) is 1. The second-order valence-electron chi connectivity index (χ2n) is 4.04. The van der Waals surface area contributed by atoms with Gasteiger partial charge >= 0.3 is 0 Å². The molecule has 0 aromatic carbocycles. The first-order valence-corrected chi connectivity index (χ1v) is 5.25. The van der Waals surface area contributed by atoms with E-state index in [-0.39, 0.29) is 11.5 Å². The quantitative estimate of drug-likeness (QED) is 0.673. The summed E-state index contributed by atoms with van der Waals surface area (Å²) in [6.45, 7) is 2.79. The van der Waals surface area contributed by atoms with Crippen LogP contribution >= 0.6 is 0 Å². The summed E-state index contributed by atoms with van der Waals surface area (Å²) in [7, 11) is 0. The van der Waals surface area contributed by atoms with Gasteiger partial charge in [-0.3, -0.25) is 4.79 Å². The van der Waals surface area contributed by atoms with Crippen LogP contribution in [0, 0.1) is 0 Å². The highest BCUT2D eigenvalue weighted by molar-refractivity contribution is 5.22. The summed E-state index contributed by atoms with van der Waals surface area (Å²) in [6.07, 6.45) is 0.954. The minimum Gasteiger partial charge on any atom is -0.381 e. The topological polar surface area (TPSA) is 67.0 Å². The van der Waals surface area contributed by atoms with Gasteiger partial charge in [0.25, 0.3) is 5.56 Å². The first-order valence-electron chi connectivity index (χ1n) is 5.25. The highest BCUT2D eigenvalue weighted by Gasteiger charge is 2.23. The van der Waals surface area contributed by atoms with Crippen molar-refractivity contribution in [3.8, 4) is 0 Å². The third-order valence-corrected chi connectivity index (χ3v) is 3.03. The van der Waals surface area contributed by atoms with Crippen LogP contribution in [0.25, 0.3) is 0 Å². The Kier molecular flexibility index (Phi) is 2.07. The van der Waals surface area contributed by atoms with Crippen molar-refractivity contribution in [1.82, 2.24) is 15.3 Å². The van der Waals surface area contributed by atoms with Crippen LogP contribution in [0.2, 0.25) is 0 Å². The van der Waals surface area contributed by atoms with Crippen LogP contribution in [0.15, 0.2) is 4.79 Å². The van der Waals surface area contributed by atoms with E-state index in [1.165, 1.54) is 0 Å². The van der Waals surface area contributed by atoms with Crippen LogP contribution in [-0.2, 0) is 17.8 Å². The summed E-state index contributed by atoms with van der Waals surface area (Å²) in [6, 6.07) is 0. The average Bonchev–Trinajstić information content (AvgIpc) is 2.88. The van der Waals surface area contributed by atoms with Gasteiger partial charge in [0.05, 0.1) is 17.9 Å². The zero-order valence-corrected chi connectivity index (χ0v) is 8.38. The second kappa shape index (κ2) is 3.43. The van der Waals surface area contributed by atoms with Crippen LogP contribution < -0.4 is 10.9 Å². The van der Waals surface area contributed by atoms with Crippen molar-refractivity contribution in [3.05, 3.63) is 27.4 Å². The van der Waals surface area contributed by atoms with E-state index in [0.29, 0.717) is 19.7 Å². The average molecular weight is 207 g/mol. The molecule has 1 saturated heterocycles. The highest BCUT2D eigenvalue weighted by atomic mass is 16.5. The van der Waals surface area contributed by atoms with Gasteiger partial charge in [-0.1, -0.05) is 0 Å². The summed E-state index contributed by atoms with van der Waals surface area (Å²) >= 11 is 0. The largest absolute Gasteiger partial charge is 0.381 e. The van der Waals surface area contributed by atoms with E-state index in [2.05, 4.69) is 15.3 Å². The predicted octanol–water partition coefficient (Wildman–Crippen LogP) is -0.123. The molecule has 0 bridgehead atoms. The first-order chi connectivity index (χ1) is 7.34. The van der Waals surface area contributed by atoms with E-state index in [4.69, 9.17) is 4.74 Å². The molecule has 2 N–H and O–H groups in total. The Hall–Kier alpha value is -1.20. The molecule has 1 aromatic rings. The lowest BCUT2D eigenvalue weighted by molar-refractivity contribution is 0.193. The molecule has 0 radical (unpaired) electrons. The van der Waals surface area contributed by atoms with Crippen LogP contribution in [0.1, 0.15) is 29.4 Å². The van der Waals surface area contributed by atoms with Gasteiger partial charge in [0.2, 0.25) is 0 Å². The zero-order chi connectivity index (χ0) is 10.3. The Balaban J connectivity index is 2.03. The van der Waals surface area contributed by atoms with Crippen molar-refractivity contribution in [2.24, 2.45) is 0 Å². The summed E-state index contributed by atoms with van der Waals surface area (Å²) in [5.74, 6) is 1.06. The fourth-order valence-corrected chi connectivity index (χ4v) is 2.14. The van der Waals surface area contributed by atoms with Crippen LogP contribution in [0.5, 0.6) is 0 Å². The number of nitrogens with one attached hydrogen (secondary N) is 2. The smallest absolute Gasteiger partial charge is 0.255 e. The third kappa shape index (κ3) is 1.48. The van der Waals surface area contributed by atoms with Gasteiger partial charge in [-0.25, -0.2) is 4.98 Å². The van der Waals surface area contributed by atoms with E-state index in [9.17, 15) is 4.79 Å². The molecule has 1 unspecified atom stereocenters. The van der Waals surface area contributed by atoms with Crippen molar-refractivity contribution in [1.29, 1.82) is 0 Å². The Labute approximate surface area is 86.9 Å². The molecule has 5 nitrogen and oxygen atoms in total. The number of hydrogen-bond donors (Lipinski definition) is 2. The number of H-pyrrole nitrogens is 1. The van der Waals surface area contributed by atoms with E-state index in [1.807, 2.05) is 0 Å². The van der Waals surface area contributed by atoms with E-state index < -0.39 is 0 Å². The zero-order valence-electron chi connectivity index (χ0n) is 8.38. The number of fused-ring (bicyclic) bond motifs is 1. The van der Waals surface area contributed by atoms with E-state index in [0.717, 1.165) is 30.1 Å². The molecule has 1 aromatic heterocycles. The van der Waals surface area contributed by atoms with Crippen molar-refractivity contribution in [2.45, 2.75) is 25.4 Å². The molecular formula is C10H13N3O2. The summed E-state index contributed by atoms with van der Waals surface area (Å²) in [5.41, 5.74) is 1.70. The van der Waals surface area contributed by atoms with Crippen molar-refractivity contribution >= 4 is 0 Å². The molecule has 80 valence electrons. The Morgan fingerprint density at radius 2 is 2.33 bits per heavy atom. The minimum atomic E-state index is 0.00639. The van der Waals surface area contributed by atoms with Gasteiger partial charge in [-0.05, 0) is 6.42 Å². The van der Waals surface area contributed by atoms with Crippen molar-refractivity contribution in [3.63, 3.8) is 0 Å². The van der Waals surface area contributed by atoms with Crippen LogP contribution in [0.3, 0.4) is 0 Å². The molecular weight excluding hydrogens is 194 g/mol. The summed E-state index contributed by atoms with van der Waals surface area (Å²) < 4.78 is 5.29. The van der Waals surface area contributed by atoms with Gasteiger partial charge in [-0.15, -0.1) is 0 Å². The number of ether oxygens (including phenoxy) is 1. The summed E-state index contributed by atoms with van der Waals surface area (Å²) in [5, 5.41) is 3.13. The molecule has 3 heterocycles. The molecule has 1 fully saturated rings. The van der Waals surface area contributed by atoms with Crippen LogP contribution in [0.4, 0.5) is 0 Å². The lowest BCUT2D eigenvalue weighted by Crippen LogP contribution is -2.19. The predicted molar refractivity (Wildman–Crippen MR) is 53.6 cm³/mol. The van der Waals surface area contributed by atoms with E-state index >= 15 is 0 Å². The maximum atomic E-state index is 11.7. The van der Waals surface area contributed by atoms with Gasteiger partial charge < -0.3 is 15.0 Å². The number of rotatable bonds is 1. The molecule has 5 heteroatoms. The normalized spacial score (nSPS) is 24.4. The lowest BCUT2D eigenvalue weighted by atomic mass is 10.1. The molecule has 0 saturated carbocycles. The Morgan fingerprint density at radius 3 is 3.13 bits per heavy atom. The van der Waals surface area contributed by atoms with Crippen LogP contribution in [-0.4, -0.2) is 23.2 Å². The molecule has 0 aliphatic carbocycles. The Morgan fingerprint density at radius 1 is 1.40 bits per heavy atom. The fraction of sp³-hybridized carbons (Fsp3) is 0.600. The van der Waals surface area contributed by atoms with Gasteiger partial charge in [0.1, 0.15) is 5.82 Å². The number of hydrogen-bond acceptors (Lipinski definition) is 4. The van der Waals surface area contributed by atoms with Crippen molar-refractivity contribution in [2.75, 3.05) is 13.2 Å². The lowest BCUT2D eigenvalue weighted by Gasteiger charge is -2.07. The minimum absolute atomic E-state index is 0.00639. The monoisotopic (exact) mass is 207 g/mol. The maximum absolute atomic E-state index is 11.7. The van der Waals surface area contributed by atoms with Gasteiger partial charge in [0, 0.05) is 25.6 Å². The number of aromatic amines is 1. The molecule has 3 rings (SSSR count). The molecule has 1 atom stereocenters. The van der Waals surface area contributed by atoms with Gasteiger partial charge in [-0.2, -0.15) is 0 Å². The standard InChI is InChI=1S/C10H13N3O2/c14-10-7-3-11-4-8(7)12-9(13-10)6-1-2-15-5-6/h6,11H,1-5H2,(H,12,13,14). The Bertz CT molecular complexity index is 435. The molecule has 0 amide bonds. The molecule has 15 heavy (non-hydrogen) atoms. The SMILES string of the molecule is O=c1[nH]c(C2CCOC2)nc2c1CNC2. The third-order valence-electron chi connectivity index (χ3n) is 3.03. The molecule has 0 spiro atoms. The summed E-state index contributed by atoms with van der Waals surface area (Å²) in [4.78, 5) is 19.1. The number of aromatic nitrogens is 2. The van der Waals surface area contributed by atoms with Crippen molar-refractivity contribution < 1.29 is 4.74 Å². The molecule has 2 aliphatic rings. The maximum Gasteiger partial charge on any atom is 0.255 e. The first kappa shape index (κ1) is 9.06. The molecule has 2 aliphatic heterocycles. The fourth-order valence-electron chi connectivity index (χ4n) is 2.14. The van der Waals surface area contributed by atoms with Gasteiger partial charge in [0.15, 0.2) is 0 Å². The van der Waals surface area contributed by atoms with E-state index in [1.54, 1.807) is 0 Å². The highest BCUT2D eigenvalue weighted by Crippen LogP contribution is 2.22.